The van der Waals surface area contributed by atoms with Crippen LogP contribution in [0.5, 0.6) is 0 Å². The zero-order valence-corrected chi connectivity index (χ0v) is 24.4. The van der Waals surface area contributed by atoms with E-state index in [0.717, 1.165) is 61.6 Å². The summed E-state index contributed by atoms with van der Waals surface area (Å²) in [5.74, 6) is 0.245. The van der Waals surface area contributed by atoms with Crippen LogP contribution in [0.1, 0.15) is 61.6 Å². The average Bonchev–Trinajstić information content (AvgIpc) is 3.59. The molecule has 198 valence electrons. The predicted octanol–water partition coefficient (Wildman–Crippen LogP) is 7.18. The standard InChI is InChI=1S/C30H40N4OS2/c1-6-23(36-19-31)9-11-32-12-10-24-25-18-26(30(4,5)29(35)34-13-7-8-14-34)37-28(25)33-27(24)22-16-20(2)15-21(3)17-22/h6,15-19,31-33H,7-14H2,1-5H3/b23-6+,31-19?. The first-order chi connectivity index (χ1) is 17.7. The fraction of sp³-hybridized carbons (Fsp3) is 0.467. The van der Waals surface area contributed by atoms with Crippen molar-refractivity contribution >= 4 is 44.8 Å². The van der Waals surface area contributed by atoms with E-state index >= 15 is 0 Å². The van der Waals surface area contributed by atoms with E-state index < -0.39 is 5.41 Å². The largest absolute Gasteiger partial charge is 0.346 e. The van der Waals surface area contributed by atoms with Crippen molar-refractivity contribution in [1.29, 1.82) is 5.41 Å². The summed E-state index contributed by atoms with van der Waals surface area (Å²) in [4.78, 5) is 22.7. The molecule has 7 heteroatoms. The summed E-state index contributed by atoms with van der Waals surface area (Å²) >= 11 is 3.21. The number of rotatable bonds is 11. The molecule has 1 fully saturated rings. The molecule has 3 N–H and O–H groups in total. The van der Waals surface area contributed by atoms with Gasteiger partial charge >= 0.3 is 0 Å². The van der Waals surface area contributed by atoms with Crippen LogP contribution in [-0.4, -0.2) is 47.5 Å². The van der Waals surface area contributed by atoms with Crippen LogP contribution in [0.15, 0.2) is 35.2 Å². The number of nitrogens with zero attached hydrogens (tertiary/aromatic N) is 1. The number of aromatic amines is 1. The Morgan fingerprint density at radius 1 is 1.16 bits per heavy atom. The van der Waals surface area contributed by atoms with Crippen molar-refractivity contribution in [1.82, 2.24) is 15.2 Å². The van der Waals surface area contributed by atoms with Crippen LogP contribution in [0.2, 0.25) is 0 Å². The van der Waals surface area contributed by atoms with Gasteiger partial charge in [-0.15, -0.1) is 11.3 Å². The summed E-state index contributed by atoms with van der Waals surface area (Å²) in [6.07, 6.45) is 6.14. The first-order valence-electron chi connectivity index (χ1n) is 13.3. The van der Waals surface area contributed by atoms with Gasteiger partial charge in [0.05, 0.1) is 16.7 Å². The monoisotopic (exact) mass is 536 g/mol. The van der Waals surface area contributed by atoms with Gasteiger partial charge in [-0.2, -0.15) is 0 Å². The van der Waals surface area contributed by atoms with Crippen molar-refractivity contribution < 1.29 is 4.79 Å². The SMILES string of the molecule is C/C=C(\CCNCCc1c(-c2cc(C)cc(C)c2)[nH]c2sc(C(C)(C)C(=O)N3CCCC3)cc12)SC=N. The van der Waals surface area contributed by atoms with Crippen LogP contribution in [-0.2, 0) is 16.6 Å². The van der Waals surface area contributed by atoms with E-state index in [4.69, 9.17) is 5.41 Å². The Morgan fingerprint density at radius 3 is 2.51 bits per heavy atom. The highest BCUT2D eigenvalue weighted by Gasteiger charge is 2.36. The van der Waals surface area contributed by atoms with Crippen molar-refractivity contribution in [2.45, 2.75) is 65.7 Å². The van der Waals surface area contributed by atoms with Gasteiger partial charge in [0.25, 0.3) is 0 Å². The Bertz CT molecular complexity index is 1270. The number of hydrogen-bond donors (Lipinski definition) is 3. The molecule has 0 saturated carbocycles. The lowest BCUT2D eigenvalue weighted by Gasteiger charge is -2.28. The highest BCUT2D eigenvalue weighted by Crippen LogP contribution is 2.41. The molecule has 2 aromatic heterocycles. The van der Waals surface area contributed by atoms with Gasteiger partial charge in [-0.05, 0) is 108 Å². The number of thiophene rings is 1. The second kappa shape index (κ2) is 12.0. The maximum atomic E-state index is 13.4. The number of nitrogens with one attached hydrogen (secondary N) is 3. The van der Waals surface area contributed by atoms with Gasteiger partial charge in [0.15, 0.2) is 0 Å². The van der Waals surface area contributed by atoms with Crippen molar-refractivity contribution in [3.05, 3.63) is 56.8 Å². The van der Waals surface area contributed by atoms with Crippen LogP contribution >= 0.6 is 23.1 Å². The number of hydrogen-bond acceptors (Lipinski definition) is 5. The molecule has 1 aromatic carbocycles. The van der Waals surface area contributed by atoms with Crippen LogP contribution in [0.3, 0.4) is 0 Å². The minimum Gasteiger partial charge on any atom is -0.346 e. The minimum atomic E-state index is -0.528. The maximum Gasteiger partial charge on any atom is 0.233 e. The molecule has 0 bridgehead atoms. The molecule has 0 radical (unpaired) electrons. The topological polar surface area (TPSA) is 72.0 Å². The fourth-order valence-electron chi connectivity index (χ4n) is 5.28. The zero-order chi connectivity index (χ0) is 26.6. The molecule has 0 atom stereocenters. The molecule has 5 nitrogen and oxygen atoms in total. The van der Waals surface area contributed by atoms with Gasteiger partial charge in [0.1, 0.15) is 4.83 Å². The van der Waals surface area contributed by atoms with Gasteiger partial charge in [-0.1, -0.05) is 35.0 Å². The van der Waals surface area contributed by atoms with Crippen molar-refractivity contribution in [3.63, 3.8) is 0 Å². The van der Waals surface area contributed by atoms with E-state index in [2.05, 4.69) is 68.3 Å². The second-order valence-electron chi connectivity index (χ2n) is 10.6. The number of allylic oxidation sites excluding steroid dienone is 1. The zero-order valence-electron chi connectivity index (χ0n) is 22.8. The van der Waals surface area contributed by atoms with Crippen LogP contribution in [0, 0.1) is 19.3 Å². The van der Waals surface area contributed by atoms with Gasteiger partial charge < -0.3 is 20.6 Å². The number of H-pyrrole nitrogens is 1. The lowest BCUT2D eigenvalue weighted by molar-refractivity contribution is -0.135. The van der Waals surface area contributed by atoms with E-state index in [1.165, 1.54) is 55.5 Å². The third-order valence-corrected chi connectivity index (χ3v) is 9.52. The summed E-state index contributed by atoms with van der Waals surface area (Å²) in [6, 6.07) is 9.00. The van der Waals surface area contributed by atoms with Crippen molar-refractivity contribution in [2.24, 2.45) is 0 Å². The van der Waals surface area contributed by atoms with E-state index in [1.54, 1.807) is 11.3 Å². The molecule has 1 amide bonds. The maximum absolute atomic E-state index is 13.4. The minimum absolute atomic E-state index is 0.245. The Labute approximate surface area is 229 Å². The van der Waals surface area contributed by atoms with Gasteiger partial charge in [-0.25, -0.2) is 0 Å². The van der Waals surface area contributed by atoms with Crippen LogP contribution in [0.25, 0.3) is 21.5 Å². The Balaban J connectivity index is 1.61. The number of amides is 1. The molecule has 0 aliphatic carbocycles. The number of fused-ring (bicyclic) bond motifs is 1. The van der Waals surface area contributed by atoms with Crippen molar-refractivity contribution in [2.75, 3.05) is 26.2 Å². The third kappa shape index (κ3) is 6.21. The van der Waals surface area contributed by atoms with Gasteiger partial charge in [0, 0.05) is 23.4 Å². The molecule has 4 rings (SSSR count). The van der Waals surface area contributed by atoms with Gasteiger partial charge in [-0.3, -0.25) is 4.79 Å². The Hall–Kier alpha value is -2.35. The quantitative estimate of drug-likeness (QED) is 0.138. The molecule has 3 heterocycles. The van der Waals surface area contributed by atoms with Crippen LogP contribution in [0.4, 0.5) is 0 Å². The normalized spacial score (nSPS) is 14.6. The molecular weight excluding hydrogens is 496 g/mol. The van der Waals surface area contributed by atoms with E-state index in [-0.39, 0.29) is 5.91 Å². The number of aromatic nitrogens is 1. The molecule has 3 aromatic rings. The third-order valence-electron chi connectivity index (χ3n) is 7.28. The summed E-state index contributed by atoms with van der Waals surface area (Å²) in [5.41, 5.74) is 7.13. The van der Waals surface area contributed by atoms with E-state index in [1.807, 2.05) is 11.8 Å². The predicted molar refractivity (Wildman–Crippen MR) is 161 cm³/mol. The number of aryl methyl sites for hydroxylation is 2. The number of benzene rings is 1. The summed E-state index contributed by atoms with van der Waals surface area (Å²) in [5, 5.41) is 12.2. The first-order valence-corrected chi connectivity index (χ1v) is 15.0. The molecule has 1 aliphatic heterocycles. The molecule has 0 spiro atoms. The molecule has 0 unspecified atom stereocenters. The smallest absolute Gasteiger partial charge is 0.233 e. The molecule has 1 saturated heterocycles. The summed E-state index contributed by atoms with van der Waals surface area (Å²) < 4.78 is 0. The summed E-state index contributed by atoms with van der Waals surface area (Å²) in [7, 11) is 0. The highest BCUT2D eigenvalue weighted by atomic mass is 32.2. The Morgan fingerprint density at radius 2 is 1.86 bits per heavy atom. The highest BCUT2D eigenvalue weighted by molar-refractivity contribution is 8.15. The number of carbonyl (C=O) groups is 1. The lowest BCUT2D eigenvalue weighted by atomic mass is 9.89. The number of carbonyl (C=O) groups excluding carboxylic acids is 1. The summed E-state index contributed by atoms with van der Waals surface area (Å²) in [6.45, 7) is 14.0. The van der Waals surface area contributed by atoms with E-state index in [9.17, 15) is 4.79 Å². The Kier molecular flexibility index (Phi) is 8.98. The number of thioether (sulfide) groups is 1. The van der Waals surface area contributed by atoms with E-state index in [0.29, 0.717) is 0 Å². The molecule has 1 aliphatic rings. The lowest BCUT2D eigenvalue weighted by Crippen LogP contribution is -2.41. The van der Waals surface area contributed by atoms with Crippen molar-refractivity contribution in [3.8, 4) is 11.3 Å². The van der Waals surface area contributed by atoms with Gasteiger partial charge in [0.2, 0.25) is 5.91 Å². The molecular formula is C30H40N4OS2. The van der Waals surface area contributed by atoms with Crippen LogP contribution < -0.4 is 5.32 Å². The fourth-order valence-corrected chi connectivity index (χ4v) is 6.97. The average molecular weight is 537 g/mol. The second-order valence-corrected chi connectivity index (χ2v) is 12.6. The number of likely N-dealkylation sites (tertiary alicyclic amines) is 1. The molecule has 37 heavy (non-hydrogen) atoms. The first kappa shape index (κ1) is 27.7.